The molecule has 19 heavy (non-hydrogen) atoms. The van der Waals surface area contributed by atoms with Gasteiger partial charge in [0.1, 0.15) is 0 Å². The van der Waals surface area contributed by atoms with E-state index >= 15 is 0 Å². The van der Waals surface area contributed by atoms with Crippen LogP contribution in [0.3, 0.4) is 0 Å². The van der Waals surface area contributed by atoms with E-state index in [4.69, 9.17) is 22.8 Å². The van der Waals surface area contributed by atoms with E-state index in [1.54, 1.807) is 0 Å². The third-order valence-electron chi connectivity index (χ3n) is 2.80. The molecular weight excluding hydrogens is 266 g/mol. The first kappa shape index (κ1) is 13.8. The van der Waals surface area contributed by atoms with Crippen LogP contribution < -0.4 is 10.2 Å². The molecule has 1 saturated heterocycles. The number of nitrogens with zero attached hydrogens (tertiary/aromatic N) is 4. The fraction of sp³-hybridized carbons (Fsp3) is 0.583. The lowest BCUT2D eigenvalue weighted by atomic mass is 10.2. The molecule has 7 heteroatoms. The summed E-state index contributed by atoms with van der Waals surface area (Å²) in [6.45, 7) is 4.80. The molecule has 1 atom stereocenters. The Kier molecular flexibility index (Phi) is 4.77. The average molecular weight is 282 g/mol. The van der Waals surface area contributed by atoms with Gasteiger partial charge in [0.25, 0.3) is 0 Å². The molecule has 102 valence electrons. The number of rotatable bonds is 4. The Bertz CT molecular complexity index is 470. The van der Waals surface area contributed by atoms with Crippen molar-refractivity contribution in [1.82, 2.24) is 15.0 Å². The van der Waals surface area contributed by atoms with Crippen molar-refractivity contribution in [2.24, 2.45) is 0 Å². The van der Waals surface area contributed by atoms with Gasteiger partial charge in [-0.2, -0.15) is 15.0 Å². The highest BCUT2D eigenvalue weighted by Crippen LogP contribution is 2.15. The van der Waals surface area contributed by atoms with E-state index in [0.717, 1.165) is 19.5 Å². The Labute approximate surface area is 117 Å². The van der Waals surface area contributed by atoms with Crippen LogP contribution in [0.5, 0.6) is 0 Å². The number of hydrogen-bond donors (Lipinski definition) is 1. The van der Waals surface area contributed by atoms with E-state index in [9.17, 15) is 0 Å². The first-order valence-corrected chi connectivity index (χ1v) is 6.57. The quantitative estimate of drug-likeness (QED) is 0.837. The maximum absolute atomic E-state index is 5.93. The van der Waals surface area contributed by atoms with Crippen LogP contribution >= 0.6 is 11.6 Å². The molecule has 1 aromatic heterocycles. The molecule has 2 heterocycles. The van der Waals surface area contributed by atoms with Crippen LogP contribution in [0.15, 0.2) is 0 Å². The Morgan fingerprint density at radius 2 is 2.16 bits per heavy atom. The first-order valence-electron chi connectivity index (χ1n) is 6.20. The van der Waals surface area contributed by atoms with Crippen LogP contribution in [-0.4, -0.2) is 47.3 Å². The Balaban J connectivity index is 2.16. The summed E-state index contributed by atoms with van der Waals surface area (Å²) in [6, 6.07) is -0.115. The normalized spacial score (nSPS) is 16.8. The number of nitrogens with one attached hydrogen (secondary N) is 1. The van der Waals surface area contributed by atoms with Crippen LogP contribution in [0.25, 0.3) is 0 Å². The van der Waals surface area contributed by atoms with Crippen molar-refractivity contribution >= 4 is 23.5 Å². The lowest BCUT2D eigenvalue weighted by Gasteiger charge is -2.26. The van der Waals surface area contributed by atoms with Gasteiger partial charge in [0.15, 0.2) is 0 Å². The maximum atomic E-state index is 5.93. The summed E-state index contributed by atoms with van der Waals surface area (Å²) in [5.41, 5.74) is 0. The minimum Gasteiger partial charge on any atom is -0.378 e. The molecule has 0 aliphatic carbocycles. The molecule has 0 spiro atoms. The predicted molar refractivity (Wildman–Crippen MR) is 74.4 cm³/mol. The maximum Gasteiger partial charge on any atom is 0.231 e. The van der Waals surface area contributed by atoms with Gasteiger partial charge in [0.05, 0.1) is 19.3 Å². The standard InChI is InChI=1S/C12H16ClN5O/c1-3-9(4-2)14-11-15-10(13)16-12(17-11)18-5-7-19-8-6-18/h1,9H,4-8H2,2H3,(H,14,15,16,17). The summed E-state index contributed by atoms with van der Waals surface area (Å²) in [6.07, 6.45) is 6.19. The molecule has 0 radical (unpaired) electrons. The van der Waals surface area contributed by atoms with Crippen molar-refractivity contribution in [3.05, 3.63) is 5.28 Å². The topological polar surface area (TPSA) is 63.2 Å². The van der Waals surface area contributed by atoms with E-state index in [1.165, 1.54) is 0 Å². The lowest BCUT2D eigenvalue weighted by Crippen LogP contribution is -2.37. The first-order chi connectivity index (χ1) is 9.22. The molecule has 0 aromatic carbocycles. The second-order valence-electron chi connectivity index (χ2n) is 4.10. The fourth-order valence-corrected chi connectivity index (χ4v) is 1.88. The van der Waals surface area contributed by atoms with E-state index in [1.807, 2.05) is 11.8 Å². The lowest BCUT2D eigenvalue weighted by molar-refractivity contribution is 0.122. The summed E-state index contributed by atoms with van der Waals surface area (Å²) < 4.78 is 5.29. The van der Waals surface area contributed by atoms with E-state index in [2.05, 4.69) is 26.2 Å². The second kappa shape index (κ2) is 6.55. The monoisotopic (exact) mass is 281 g/mol. The smallest absolute Gasteiger partial charge is 0.231 e. The number of morpholine rings is 1. The molecule has 0 amide bonds. The number of hydrogen-bond acceptors (Lipinski definition) is 6. The molecule has 6 nitrogen and oxygen atoms in total. The predicted octanol–water partition coefficient (Wildman–Crippen LogP) is 1.19. The van der Waals surface area contributed by atoms with Crippen LogP contribution in [0.1, 0.15) is 13.3 Å². The van der Waals surface area contributed by atoms with Gasteiger partial charge in [0.2, 0.25) is 17.2 Å². The number of ether oxygens (including phenoxy) is 1. The molecule has 0 saturated carbocycles. The molecular formula is C12H16ClN5O. The largest absolute Gasteiger partial charge is 0.378 e. The summed E-state index contributed by atoms with van der Waals surface area (Å²) in [5, 5.41) is 3.22. The van der Waals surface area contributed by atoms with Crippen molar-refractivity contribution in [3.63, 3.8) is 0 Å². The molecule has 1 fully saturated rings. The summed E-state index contributed by atoms with van der Waals surface area (Å²) in [4.78, 5) is 14.5. The number of halogens is 1. The average Bonchev–Trinajstić information content (AvgIpc) is 2.45. The number of aromatic nitrogens is 3. The van der Waals surface area contributed by atoms with Gasteiger partial charge in [-0.1, -0.05) is 12.8 Å². The van der Waals surface area contributed by atoms with Crippen molar-refractivity contribution < 1.29 is 4.74 Å². The zero-order valence-electron chi connectivity index (χ0n) is 10.8. The minimum absolute atomic E-state index is 0.115. The minimum atomic E-state index is -0.115. The van der Waals surface area contributed by atoms with Crippen molar-refractivity contribution in [3.8, 4) is 12.3 Å². The van der Waals surface area contributed by atoms with E-state index < -0.39 is 0 Å². The third-order valence-corrected chi connectivity index (χ3v) is 2.97. The molecule has 1 aromatic rings. The van der Waals surface area contributed by atoms with Crippen LogP contribution in [-0.2, 0) is 4.74 Å². The summed E-state index contributed by atoms with van der Waals surface area (Å²) in [7, 11) is 0. The highest BCUT2D eigenvalue weighted by atomic mass is 35.5. The zero-order valence-corrected chi connectivity index (χ0v) is 11.5. The molecule has 1 N–H and O–H groups in total. The van der Waals surface area contributed by atoms with Crippen molar-refractivity contribution in [2.75, 3.05) is 36.5 Å². The van der Waals surface area contributed by atoms with Gasteiger partial charge >= 0.3 is 0 Å². The van der Waals surface area contributed by atoms with E-state index in [-0.39, 0.29) is 11.3 Å². The highest BCUT2D eigenvalue weighted by molar-refractivity contribution is 6.28. The fourth-order valence-electron chi connectivity index (χ4n) is 1.73. The Morgan fingerprint density at radius 1 is 1.42 bits per heavy atom. The third kappa shape index (κ3) is 3.69. The summed E-state index contributed by atoms with van der Waals surface area (Å²) in [5.74, 6) is 3.59. The molecule has 1 unspecified atom stereocenters. The Morgan fingerprint density at radius 3 is 2.79 bits per heavy atom. The number of terminal acetylenes is 1. The molecule has 1 aliphatic rings. The van der Waals surface area contributed by atoms with Gasteiger partial charge in [-0.3, -0.25) is 0 Å². The highest BCUT2D eigenvalue weighted by Gasteiger charge is 2.16. The summed E-state index contributed by atoms with van der Waals surface area (Å²) >= 11 is 5.93. The van der Waals surface area contributed by atoms with E-state index in [0.29, 0.717) is 25.1 Å². The number of anilines is 2. The van der Waals surface area contributed by atoms with Gasteiger partial charge in [-0.25, -0.2) is 0 Å². The van der Waals surface area contributed by atoms with Gasteiger partial charge in [0, 0.05) is 13.1 Å². The van der Waals surface area contributed by atoms with Gasteiger partial charge in [-0.05, 0) is 18.0 Å². The second-order valence-corrected chi connectivity index (χ2v) is 4.44. The molecule has 1 aliphatic heterocycles. The Hall–Kier alpha value is -1.58. The SMILES string of the molecule is C#CC(CC)Nc1nc(Cl)nc(N2CCOCC2)n1. The van der Waals surface area contributed by atoms with Crippen molar-refractivity contribution in [1.29, 1.82) is 0 Å². The van der Waals surface area contributed by atoms with Crippen LogP contribution in [0, 0.1) is 12.3 Å². The van der Waals surface area contributed by atoms with Gasteiger partial charge in [-0.15, -0.1) is 6.42 Å². The van der Waals surface area contributed by atoms with Crippen LogP contribution in [0.4, 0.5) is 11.9 Å². The van der Waals surface area contributed by atoms with Crippen molar-refractivity contribution in [2.45, 2.75) is 19.4 Å². The van der Waals surface area contributed by atoms with Crippen LogP contribution in [0.2, 0.25) is 5.28 Å². The molecule has 2 rings (SSSR count). The molecule has 0 bridgehead atoms. The van der Waals surface area contributed by atoms with Gasteiger partial charge < -0.3 is 15.0 Å². The zero-order chi connectivity index (χ0) is 13.7.